The molecule has 1 aromatic carbocycles. The van der Waals surface area contributed by atoms with E-state index in [-0.39, 0.29) is 5.75 Å². The minimum atomic E-state index is 0.149. The van der Waals surface area contributed by atoms with Crippen molar-refractivity contribution in [2.75, 3.05) is 0 Å². The van der Waals surface area contributed by atoms with Gasteiger partial charge in [0.2, 0.25) is 0 Å². The van der Waals surface area contributed by atoms with Crippen LogP contribution in [0, 0.1) is 19.1 Å². The molecule has 1 rings (SSSR count). The number of aromatic hydroxyl groups is 1. The van der Waals surface area contributed by atoms with Gasteiger partial charge in [0.15, 0.2) is 5.75 Å². The molecule has 0 amide bonds. The highest BCUT2D eigenvalue weighted by Gasteiger charge is 1.79. The summed E-state index contributed by atoms with van der Waals surface area (Å²) in [6, 6.07) is 8.63. The number of hydrogen-bond donors (Lipinski definition) is 1. The van der Waals surface area contributed by atoms with Gasteiger partial charge in [-0.1, -0.05) is 6.07 Å². The highest BCUT2D eigenvalue weighted by molar-refractivity contribution is 5.17. The normalized spacial score (nSPS) is 8.12. The van der Waals surface area contributed by atoms with Crippen molar-refractivity contribution >= 4 is 0 Å². The molecule has 0 fully saturated rings. The summed E-state index contributed by atoms with van der Waals surface area (Å²) < 4.78 is 0. The predicted molar refractivity (Wildman–Crippen MR) is 30.5 cm³/mol. The zero-order chi connectivity index (χ0) is 5.98. The van der Waals surface area contributed by atoms with Crippen LogP contribution < -0.4 is 0 Å². The first-order chi connectivity index (χ1) is 3.79. The molecule has 0 saturated heterocycles. The summed E-state index contributed by atoms with van der Waals surface area (Å²) in [6.07, 6.45) is 0. The van der Waals surface area contributed by atoms with E-state index in [1.54, 1.807) is 12.1 Å². The fourth-order valence-electron chi connectivity index (χ4n) is 0.450. The van der Waals surface area contributed by atoms with Crippen molar-refractivity contribution in [1.29, 1.82) is 0 Å². The molecule has 0 saturated carbocycles. The summed E-state index contributed by atoms with van der Waals surface area (Å²) in [6.45, 7) is 1.90. The lowest BCUT2D eigenvalue weighted by Crippen LogP contribution is -1.62. The number of aryl methyl sites for hydroxylation is 1. The average Bonchev–Trinajstić information content (AvgIpc) is 1.77. The van der Waals surface area contributed by atoms with Crippen LogP contribution in [0.5, 0.6) is 5.75 Å². The van der Waals surface area contributed by atoms with Gasteiger partial charge in [0.25, 0.3) is 0 Å². The molecule has 1 nitrogen and oxygen atoms in total. The second-order valence-corrected chi connectivity index (χ2v) is 1.65. The van der Waals surface area contributed by atoms with E-state index >= 15 is 0 Å². The fraction of sp³-hybridized carbons (Fsp3) is 0.143. The maximum absolute atomic E-state index is 8.67. The number of rotatable bonds is 0. The molecule has 8 heavy (non-hydrogen) atoms. The molecule has 1 aromatic rings. The number of hydrogen-bond acceptors (Lipinski definition) is 1. The average molecular weight is 106 g/mol. The highest BCUT2D eigenvalue weighted by atomic mass is 16.3. The lowest BCUT2D eigenvalue weighted by Gasteiger charge is -1.82. The van der Waals surface area contributed by atoms with Crippen molar-refractivity contribution in [3.8, 4) is 5.75 Å². The van der Waals surface area contributed by atoms with Gasteiger partial charge in [0.1, 0.15) is 0 Å². The van der Waals surface area contributed by atoms with Crippen LogP contribution in [0.1, 0.15) is 5.56 Å². The summed E-state index contributed by atoms with van der Waals surface area (Å²) in [4.78, 5) is 0. The Kier molecular flexibility index (Phi) is 1.09. The molecular formula is C7H6O. The zero-order valence-electron chi connectivity index (χ0n) is 4.60. The molecule has 1 N–H and O–H groups in total. The van der Waals surface area contributed by atoms with Gasteiger partial charge in [0, 0.05) is 0 Å². The SMILES string of the molecule is Cc1c#cc(O)cc1. The summed E-state index contributed by atoms with van der Waals surface area (Å²) in [5.74, 6) is 0.149. The van der Waals surface area contributed by atoms with Gasteiger partial charge in [-0.05, 0) is 30.7 Å². The minimum absolute atomic E-state index is 0.149. The maximum Gasteiger partial charge on any atom is 0.167 e. The first-order valence-corrected chi connectivity index (χ1v) is 2.38. The summed E-state index contributed by atoms with van der Waals surface area (Å²) in [5.41, 5.74) is 0.989. The zero-order valence-corrected chi connectivity index (χ0v) is 4.60. The van der Waals surface area contributed by atoms with Crippen molar-refractivity contribution in [1.82, 2.24) is 0 Å². The molecule has 0 unspecified atom stereocenters. The van der Waals surface area contributed by atoms with Crippen LogP contribution >= 0.6 is 0 Å². The minimum Gasteiger partial charge on any atom is -0.501 e. The van der Waals surface area contributed by atoms with Crippen molar-refractivity contribution in [2.24, 2.45) is 0 Å². The van der Waals surface area contributed by atoms with Crippen molar-refractivity contribution < 1.29 is 5.11 Å². The molecule has 0 aliphatic rings. The Labute approximate surface area is 48.6 Å². The van der Waals surface area contributed by atoms with E-state index in [2.05, 4.69) is 12.1 Å². The van der Waals surface area contributed by atoms with Crippen LogP contribution in [0.4, 0.5) is 0 Å². The van der Waals surface area contributed by atoms with Gasteiger partial charge in [0.05, 0.1) is 0 Å². The third-order valence-corrected chi connectivity index (χ3v) is 0.879. The van der Waals surface area contributed by atoms with E-state index in [4.69, 9.17) is 5.11 Å². The van der Waals surface area contributed by atoms with Crippen LogP contribution in [0.25, 0.3) is 0 Å². The van der Waals surface area contributed by atoms with E-state index in [9.17, 15) is 0 Å². The second kappa shape index (κ2) is 1.75. The predicted octanol–water partition coefficient (Wildman–Crippen LogP) is 1.30. The maximum atomic E-state index is 8.67. The second-order valence-electron chi connectivity index (χ2n) is 1.65. The van der Waals surface area contributed by atoms with E-state index in [1.165, 1.54) is 0 Å². The van der Waals surface area contributed by atoms with Crippen LogP contribution in [0.3, 0.4) is 0 Å². The van der Waals surface area contributed by atoms with Crippen LogP contribution in [-0.4, -0.2) is 5.11 Å². The van der Waals surface area contributed by atoms with E-state index in [1.807, 2.05) is 6.92 Å². The topological polar surface area (TPSA) is 20.2 Å². The van der Waals surface area contributed by atoms with Crippen LogP contribution in [0.15, 0.2) is 12.1 Å². The molecule has 0 atom stereocenters. The summed E-state index contributed by atoms with van der Waals surface area (Å²) >= 11 is 0. The van der Waals surface area contributed by atoms with Gasteiger partial charge >= 0.3 is 0 Å². The van der Waals surface area contributed by atoms with Gasteiger partial charge in [-0.15, -0.1) is 0 Å². The molecule has 1 heteroatoms. The molecule has 0 aliphatic heterocycles. The lowest BCUT2D eigenvalue weighted by atomic mass is 10.3. The molecular weight excluding hydrogens is 100 g/mol. The molecule has 40 valence electrons. The molecule has 0 bridgehead atoms. The monoisotopic (exact) mass is 106 g/mol. The third kappa shape index (κ3) is 0.913. The molecule has 0 aromatic heterocycles. The Morgan fingerprint density at radius 1 is 1.38 bits per heavy atom. The van der Waals surface area contributed by atoms with E-state index in [0.29, 0.717) is 0 Å². The van der Waals surface area contributed by atoms with Crippen LogP contribution in [0.2, 0.25) is 0 Å². The third-order valence-electron chi connectivity index (χ3n) is 0.879. The first-order valence-electron chi connectivity index (χ1n) is 2.38. The van der Waals surface area contributed by atoms with Crippen molar-refractivity contribution in [3.63, 3.8) is 0 Å². The van der Waals surface area contributed by atoms with E-state index < -0.39 is 0 Å². The van der Waals surface area contributed by atoms with Gasteiger partial charge in [-0.3, -0.25) is 0 Å². The molecule has 0 aliphatic carbocycles. The molecule has 0 spiro atoms. The van der Waals surface area contributed by atoms with Crippen molar-refractivity contribution in [3.05, 3.63) is 29.8 Å². The molecule has 0 heterocycles. The van der Waals surface area contributed by atoms with Gasteiger partial charge < -0.3 is 5.11 Å². The quantitative estimate of drug-likeness (QED) is 0.528. The lowest BCUT2D eigenvalue weighted by molar-refractivity contribution is 0.475. The van der Waals surface area contributed by atoms with Gasteiger partial charge in [-0.25, -0.2) is 0 Å². The first kappa shape index (κ1) is 4.99. The Morgan fingerprint density at radius 2 is 2.12 bits per heavy atom. The Hall–Kier alpha value is -1.16. The standard InChI is InChI=1S/C7H6O/c1-6-2-4-7(8)5-3-6/h2,4,8H,1H3. The van der Waals surface area contributed by atoms with E-state index in [0.717, 1.165) is 5.56 Å². The molecule has 0 radical (unpaired) electrons. The fourth-order valence-corrected chi connectivity index (χ4v) is 0.450. The Bertz CT molecular complexity index is 143. The Morgan fingerprint density at radius 3 is 2.50 bits per heavy atom. The van der Waals surface area contributed by atoms with Crippen LogP contribution in [-0.2, 0) is 0 Å². The van der Waals surface area contributed by atoms with Gasteiger partial charge in [-0.2, -0.15) is 0 Å². The summed E-state index contributed by atoms with van der Waals surface area (Å²) in [5, 5.41) is 8.67. The smallest absolute Gasteiger partial charge is 0.167 e. The summed E-state index contributed by atoms with van der Waals surface area (Å²) in [7, 11) is 0. The highest BCUT2D eigenvalue weighted by Crippen LogP contribution is 2.01. The largest absolute Gasteiger partial charge is 0.501 e. The van der Waals surface area contributed by atoms with Crippen molar-refractivity contribution in [2.45, 2.75) is 6.92 Å². The Balaban J connectivity index is 3.03.